The molecule has 0 fully saturated rings. The largest absolute Gasteiger partial charge is 0.493 e. The van der Waals surface area contributed by atoms with Gasteiger partial charge in [-0.15, -0.1) is 0 Å². The highest BCUT2D eigenvalue weighted by molar-refractivity contribution is 6.42. The van der Waals surface area contributed by atoms with Crippen molar-refractivity contribution in [1.29, 1.82) is 0 Å². The molecule has 0 aliphatic carbocycles. The van der Waals surface area contributed by atoms with Gasteiger partial charge in [-0.2, -0.15) is 0 Å². The fourth-order valence-corrected chi connectivity index (χ4v) is 2.51. The number of amides is 3. The van der Waals surface area contributed by atoms with Gasteiger partial charge in [0.15, 0.2) is 0 Å². The molecule has 9 heteroatoms. The molecular formula is C19H19Cl2N3O4. The fraction of sp³-hybridized carbons (Fsp3) is 0.211. The van der Waals surface area contributed by atoms with Crippen molar-refractivity contribution in [2.75, 3.05) is 18.5 Å². The number of hydrogen-bond donors (Lipinski definition) is 3. The molecule has 3 amide bonds. The highest BCUT2D eigenvalue weighted by Gasteiger charge is 2.13. The van der Waals surface area contributed by atoms with E-state index in [1.165, 1.54) is 0 Å². The molecule has 28 heavy (non-hydrogen) atoms. The van der Waals surface area contributed by atoms with Gasteiger partial charge in [-0.25, -0.2) is 0 Å². The molecule has 4 N–H and O–H groups in total. The lowest BCUT2D eigenvalue weighted by Crippen LogP contribution is -2.29. The number of ether oxygens (including phenoxy) is 1. The van der Waals surface area contributed by atoms with Crippen molar-refractivity contribution in [2.24, 2.45) is 5.73 Å². The van der Waals surface area contributed by atoms with Crippen LogP contribution in [0.4, 0.5) is 5.69 Å². The molecule has 0 unspecified atom stereocenters. The van der Waals surface area contributed by atoms with Crippen molar-refractivity contribution in [3.05, 3.63) is 58.1 Å². The van der Waals surface area contributed by atoms with Crippen LogP contribution in [0.5, 0.6) is 5.75 Å². The first-order valence-corrected chi connectivity index (χ1v) is 9.15. The molecule has 0 aliphatic rings. The summed E-state index contributed by atoms with van der Waals surface area (Å²) in [6.45, 7) is 0.241. The van der Waals surface area contributed by atoms with Crippen molar-refractivity contribution in [3.63, 3.8) is 0 Å². The maximum atomic E-state index is 12.2. The number of hydrogen-bond acceptors (Lipinski definition) is 4. The number of para-hydroxylation sites is 1. The lowest BCUT2D eigenvalue weighted by Gasteiger charge is -2.12. The lowest BCUT2D eigenvalue weighted by molar-refractivity contribution is -0.118. The zero-order chi connectivity index (χ0) is 20.5. The van der Waals surface area contributed by atoms with Crippen LogP contribution in [-0.2, 0) is 9.59 Å². The number of anilines is 1. The minimum atomic E-state index is -0.510. The van der Waals surface area contributed by atoms with E-state index in [1.807, 2.05) is 0 Å². The van der Waals surface area contributed by atoms with E-state index in [4.69, 9.17) is 33.7 Å². The third-order valence-electron chi connectivity index (χ3n) is 3.59. The first-order chi connectivity index (χ1) is 13.4. The van der Waals surface area contributed by atoms with E-state index >= 15 is 0 Å². The first kappa shape index (κ1) is 21.5. The van der Waals surface area contributed by atoms with E-state index in [0.717, 1.165) is 0 Å². The predicted molar refractivity (Wildman–Crippen MR) is 108 cm³/mol. The molecule has 7 nitrogen and oxygen atoms in total. The van der Waals surface area contributed by atoms with Crippen LogP contribution in [0.3, 0.4) is 0 Å². The molecule has 2 rings (SSSR count). The van der Waals surface area contributed by atoms with E-state index in [9.17, 15) is 14.4 Å². The molecule has 0 atom stereocenters. The number of carbonyl (C=O) groups is 3. The number of rotatable bonds is 9. The summed E-state index contributed by atoms with van der Waals surface area (Å²) in [5.74, 6) is -0.748. The van der Waals surface area contributed by atoms with Crippen molar-refractivity contribution < 1.29 is 19.1 Å². The SMILES string of the molecule is NC(=O)CCNC(=O)c1ccccc1NC(=O)CCOc1ccc(Cl)c(Cl)c1. The molecular weight excluding hydrogens is 405 g/mol. The summed E-state index contributed by atoms with van der Waals surface area (Å²) in [4.78, 5) is 35.2. The van der Waals surface area contributed by atoms with Crippen LogP contribution in [-0.4, -0.2) is 30.9 Å². The lowest BCUT2D eigenvalue weighted by atomic mass is 10.1. The number of benzene rings is 2. The normalized spacial score (nSPS) is 10.2. The van der Waals surface area contributed by atoms with Gasteiger partial charge >= 0.3 is 0 Å². The summed E-state index contributed by atoms with van der Waals surface area (Å²) in [6.07, 6.45) is 0.101. The monoisotopic (exact) mass is 423 g/mol. The highest BCUT2D eigenvalue weighted by atomic mass is 35.5. The zero-order valence-corrected chi connectivity index (χ0v) is 16.3. The molecule has 2 aromatic rings. The third kappa shape index (κ3) is 6.75. The van der Waals surface area contributed by atoms with E-state index in [0.29, 0.717) is 21.5 Å². The number of halogens is 2. The Bertz CT molecular complexity index is 874. The summed E-state index contributed by atoms with van der Waals surface area (Å²) in [6, 6.07) is 11.4. The maximum absolute atomic E-state index is 12.2. The summed E-state index contributed by atoms with van der Waals surface area (Å²) < 4.78 is 5.48. The molecule has 148 valence electrons. The Kier molecular flexibility index (Phi) is 8.10. The minimum absolute atomic E-state index is 0.0340. The van der Waals surface area contributed by atoms with E-state index < -0.39 is 11.8 Å². The van der Waals surface area contributed by atoms with Crippen LogP contribution in [0.15, 0.2) is 42.5 Å². The van der Waals surface area contributed by atoms with Gasteiger partial charge in [0, 0.05) is 19.0 Å². The molecule has 0 saturated heterocycles. The molecule has 0 bridgehead atoms. The summed E-state index contributed by atoms with van der Waals surface area (Å²) >= 11 is 11.7. The Hall–Kier alpha value is -2.77. The van der Waals surface area contributed by atoms with Crippen LogP contribution < -0.4 is 21.1 Å². The van der Waals surface area contributed by atoms with Gasteiger partial charge < -0.3 is 21.1 Å². The van der Waals surface area contributed by atoms with E-state index in [1.54, 1.807) is 42.5 Å². The van der Waals surface area contributed by atoms with Crippen LogP contribution in [0.25, 0.3) is 0 Å². The summed E-state index contributed by atoms with van der Waals surface area (Å²) in [7, 11) is 0. The van der Waals surface area contributed by atoms with Gasteiger partial charge in [-0.1, -0.05) is 35.3 Å². The first-order valence-electron chi connectivity index (χ1n) is 8.40. The smallest absolute Gasteiger partial charge is 0.253 e. The minimum Gasteiger partial charge on any atom is -0.493 e. The van der Waals surface area contributed by atoms with Gasteiger partial charge in [0.2, 0.25) is 11.8 Å². The van der Waals surface area contributed by atoms with Gasteiger partial charge in [0.05, 0.1) is 34.3 Å². The molecule has 0 spiro atoms. The second kappa shape index (κ2) is 10.5. The Balaban J connectivity index is 1.88. The molecule has 0 radical (unpaired) electrons. The Morgan fingerprint density at radius 1 is 1.00 bits per heavy atom. The van der Waals surface area contributed by atoms with Crippen LogP contribution in [0.2, 0.25) is 10.0 Å². The van der Waals surface area contributed by atoms with Crippen LogP contribution in [0.1, 0.15) is 23.2 Å². The third-order valence-corrected chi connectivity index (χ3v) is 4.33. The second-order valence-corrected chi connectivity index (χ2v) is 6.55. The van der Waals surface area contributed by atoms with Gasteiger partial charge in [-0.05, 0) is 24.3 Å². The summed E-state index contributed by atoms with van der Waals surface area (Å²) in [5, 5.41) is 6.03. The van der Waals surface area contributed by atoms with E-state index in [-0.39, 0.29) is 37.5 Å². The second-order valence-electron chi connectivity index (χ2n) is 5.74. The predicted octanol–water partition coefficient (Wildman–Crippen LogP) is 3.01. The standard InChI is InChI=1S/C19H19Cl2N3O4/c20-14-6-5-12(11-15(14)21)28-10-8-18(26)24-16-4-2-1-3-13(16)19(27)23-9-7-17(22)25/h1-6,11H,7-10H2,(H2,22,25)(H,23,27)(H,24,26). The van der Waals surface area contributed by atoms with Crippen LogP contribution in [0, 0.1) is 0 Å². The number of nitrogens with two attached hydrogens (primary N) is 1. The van der Waals surface area contributed by atoms with E-state index in [2.05, 4.69) is 10.6 Å². The maximum Gasteiger partial charge on any atom is 0.253 e. The molecule has 0 aliphatic heterocycles. The molecule has 0 saturated carbocycles. The molecule has 0 aromatic heterocycles. The van der Waals surface area contributed by atoms with Gasteiger partial charge in [0.25, 0.3) is 5.91 Å². The van der Waals surface area contributed by atoms with Crippen molar-refractivity contribution >= 4 is 46.6 Å². The zero-order valence-electron chi connectivity index (χ0n) is 14.8. The van der Waals surface area contributed by atoms with Crippen LogP contribution >= 0.6 is 23.2 Å². The molecule has 0 heterocycles. The van der Waals surface area contributed by atoms with Gasteiger partial charge in [0.1, 0.15) is 5.75 Å². The average Bonchev–Trinajstić information content (AvgIpc) is 2.64. The number of nitrogens with one attached hydrogen (secondary N) is 2. The fourth-order valence-electron chi connectivity index (χ4n) is 2.23. The Labute approximate surface area is 172 Å². The van der Waals surface area contributed by atoms with Crippen molar-refractivity contribution in [3.8, 4) is 5.75 Å². The summed E-state index contributed by atoms with van der Waals surface area (Å²) in [5.41, 5.74) is 5.69. The van der Waals surface area contributed by atoms with Crippen molar-refractivity contribution in [2.45, 2.75) is 12.8 Å². The topological polar surface area (TPSA) is 111 Å². The van der Waals surface area contributed by atoms with Gasteiger partial charge in [-0.3, -0.25) is 14.4 Å². The quantitative estimate of drug-likeness (QED) is 0.575. The average molecular weight is 424 g/mol. The Morgan fingerprint density at radius 3 is 2.46 bits per heavy atom. The number of carbonyl (C=O) groups excluding carboxylic acids is 3. The Morgan fingerprint density at radius 2 is 1.75 bits per heavy atom. The van der Waals surface area contributed by atoms with Crippen molar-refractivity contribution in [1.82, 2.24) is 5.32 Å². The number of primary amides is 1. The highest BCUT2D eigenvalue weighted by Crippen LogP contribution is 2.26. The molecule has 2 aromatic carbocycles.